The number of imide groups is 1. The van der Waals surface area contributed by atoms with Crippen molar-refractivity contribution in [1.82, 2.24) is 25.0 Å². The second-order valence-electron chi connectivity index (χ2n) is 12.2. The summed E-state index contributed by atoms with van der Waals surface area (Å²) in [6.07, 6.45) is 0.920. The molecule has 4 rings (SSSR count). The summed E-state index contributed by atoms with van der Waals surface area (Å²) in [5.74, 6) is -0.184. The van der Waals surface area contributed by atoms with Gasteiger partial charge in [0.25, 0.3) is 0 Å². The van der Waals surface area contributed by atoms with Gasteiger partial charge in [0.05, 0.1) is 33.9 Å². The van der Waals surface area contributed by atoms with Gasteiger partial charge in [-0.3, -0.25) is 0 Å². The maximum atomic E-state index is 13.5. The quantitative estimate of drug-likeness (QED) is 0.242. The minimum atomic E-state index is -3.48. The Morgan fingerprint density at radius 2 is 1.41 bits per heavy atom. The lowest BCUT2D eigenvalue weighted by molar-refractivity contribution is 0.0429. The third-order valence-corrected chi connectivity index (χ3v) is 8.14. The van der Waals surface area contributed by atoms with Gasteiger partial charge in [0, 0.05) is 5.56 Å². The van der Waals surface area contributed by atoms with Crippen molar-refractivity contribution in [1.29, 1.82) is 0 Å². The fraction of sp³-hybridized carbons (Fsp3) is 0.355. The molecule has 0 fully saturated rings. The van der Waals surface area contributed by atoms with Crippen LogP contribution in [-0.2, 0) is 19.3 Å². The van der Waals surface area contributed by atoms with Crippen LogP contribution in [0.15, 0.2) is 71.9 Å². The van der Waals surface area contributed by atoms with Gasteiger partial charge in [0.1, 0.15) is 22.6 Å². The van der Waals surface area contributed by atoms with E-state index >= 15 is 0 Å². The van der Waals surface area contributed by atoms with Crippen LogP contribution in [0.1, 0.15) is 55.4 Å². The van der Waals surface area contributed by atoms with Crippen LogP contribution in [0, 0.1) is 0 Å². The Balaban J connectivity index is 1.89. The third-order valence-electron chi connectivity index (χ3n) is 5.97. The van der Waals surface area contributed by atoms with E-state index in [-0.39, 0.29) is 22.1 Å². The number of anilines is 1. The van der Waals surface area contributed by atoms with Gasteiger partial charge in [-0.05, 0) is 79.7 Å². The predicted molar refractivity (Wildman–Crippen MR) is 165 cm³/mol. The van der Waals surface area contributed by atoms with Crippen LogP contribution >= 0.6 is 0 Å². The molecule has 2 aromatic carbocycles. The Morgan fingerprint density at radius 3 is 1.93 bits per heavy atom. The molecule has 12 nitrogen and oxygen atoms in total. The van der Waals surface area contributed by atoms with E-state index in [1.54, 1.807) is 73.7 Å². The topological polar surface area (TPSA) is 146 Å². The standard InChI is InChI=1S/C31H36N6O6S/c1-20(2)44(40,41)23-16-14-21(15-17-23)24-18-32-27(37(28(38)42-30(3,4)5)29(39)43-31(6,7)8)26(33-24)25-19-36(35-34-25)22-12-10-9-11-13-22/h9-20H,1-8H3. The van der Waals surface area contributed by atoms with Crippen molar-refractivity contribution in [3.05, 3.63) is 67.0 Å². The number of benzene rings is 2. The third kappa shape index (κ3) is 7.46. The summed E-state index contributed by atoms with van der Waals surface area (Å²) in [7, 11) is -3.48. The molecule has 2 heterocycles. The number of ether oxygens (including phenoxy) is 2. The number of carbonyl (C=O) groups is 2. The van der Waals surface area contributed by atoms with Crippen LogP contribution in [0.3, 0.4) is 0 Å². The molecule has 0 aliphatic carbocycles. The highest BCUT2D eigenvalue weighted by Crippen LogP contribution is 2.32. The molecule has 232 valence electrons. The zero-order valence-electron chi connectivity index (χ0n) is 26.0. The Kier molecular flexibility index (Phi) is 8.91. The average molecular weight is 621 g/mol. The number of amides is 2. The minimum absolute atomic E-state index is 0.0419. The van der Waals surface area contributed by atoms with Crippen molar-refractivity contribution in [3.63, 3.8) is 0 Å². The number of hydrogen-bond donors (Lipinski definition) is 0. The first kappa shape index (κ1) is 32.3. The molecule has 2 amide bonds. The molecule has 4 aromatic rings. The summed E-state index contributed by atoms with van der Waals surface area (Å²) < 4.78 is 37.9. The first-order chi connectivity index (χ1) is 20.5. The van der Waals surface area contributed by atoms with Crippen molar-refractivity contribution in [3.8, 4) is 28.3 Å². The van der Waals surface area contributed by atoms with Gasteiger partial charge in [-0.15, -0.1) is 5.10 Å². The van der Waals surface area contributed by atoms with Crippen molar-refractivity contribution in [2.45, 2.75) is 76.7 Å². The number of aromatic nitrogens is 5. The van der Waals surface area contributed by atoms with Crippen molar-refractivity contribution in [2.75, 3.05) is 4.90 Å². The average Bonchev–Trinajstić information content (AvgIpc) is 3.42. The molecule has 0 aliphatic rings. The molecule has 0 atom stereocenters. The Bertz CT molecular complexity index is 1730. The SMILES string of the molecule is CC(C)S(=O)(=O)c1ccc(-c2cnc(N(C(=O)OC(C)(C)C)C(=O)OC(C)(C)C)c(-c3cn(-c4ccccc4)nn3)n2)cc1. The summed E-state index contributed by atoms with van der Waals surface area (Å²) in [6, 6.07) is 15.5. The van der Waals surface area contributed by atoms with Crippen LogP contribution in [-0.4, -0.2) is 62.0 Å². The molecule has 0 unspecified atom stereocenters. The molecular formula is C31H36N6O6S. The van der Waals surface area contributed by atoms with Gasteiger partial charge in [-0.2, -0.15) is 4.90 Å². The predicted octanol–water partition coefficient (Wildman–Crippen LogP) is 6.25. The molecule has 0 radical (unpaired) electrons. The molecule has 0 aliphatic heterocycles. The molecule has 0 spiro atoms. The number of para-hydroxylation sites is 1. The van der Waals surface area contributed by atoms with Crippen LogP contribution in [0.2, 0.25) is 0 Å². The fourth-order valence-corrected chi connectivity index (χ4v) is 4.95. The smallest absolute Gasteiger partial charge is 0.425 e. The fourth-order valence-electron chi connectivity index (χ4n) is 3.89. The van der Waals surface area contributed by atoms with Gasteiger partial charge in [0.2, 0.25) is 0 Å². The van der Waals surface area contributed by atoms with E-state index in [0.29, 0.717) is 16.2 Å². The monoisotopic (exact) mass is 620 g/mol. The highest BCUT2D eigenvalue weighted by Gasteiger charge is 2.36. The molecule has 13 heteroatoms. The number of carbonyl (C=O) groups excluding carboxylic acids is 2. The summed E-state index contributed by atoms with van der Waals surface area (Å²) in [6.45, 7) is 13.2. The molecule has 0 N–H and O–H groups in total. The maximum absolute atomic E-state index is 13.5. The van der Waals surface area contributed by atoms with Crippen LogP contribution < -0.4 is 4.90 Å². The van der Waals surface area contributed by atoms with Crippen molar-refractivity contribution in [2.24, 2.45) is 0 Å². The molecule has 2 aromatic heterocycles. The largest absolute Gasteiger partial charge is 0.443 e. The van der Waals surface area contributed by atoms with E-state index < -0.39 is 38.5 Å². The zero-order chi connectivity index (χ0) is 32.4. The van der Waals surface area contributed by atoms with Gasteiger partial charge < -0.3 is 9.47 Å². The van der Waals surface area contributed by atoms with Gasteiger partial charge >= 0.3 is 12.2 Å². The van der Waals surface area contributed by atoms with Crippen molar-refractivity contribution < 1.29 is 27.5 Å². The van der Waals surface area contributed by atoms with E-state index in [1.165, 1.54) is 23.0 Å². The lowest BCUT2D eigenvalue weighted by Gasteiger charge is -2.28. The zero-order valence-corrected chi connectivity index (χ0v) is 26.8. The van der Waals surface area contributed by atoms with Crippen LogP contribution in [0.25, 0.3) is 28.3 Å². The molecule has 0 saturated carbocycles. The first-order valence-electron chi connectivity index (χ1n) is 13.9. The first-order valence-corrected chi connectivity index (χ1v) is 15.5. The normalized spacial score (nSPS) is 12.2. The van der Waals surface area contributed by atoms with E-state index in [2.05, 4.69) is 15.3 Å². The Hall–Kier alpha value is -4.65. The summed E-state index contributed by atoms with van der Waals surface area (Å²) in [5, 5.41) is 7.90. The number of hydrogen-bond acceptors (Lipinski definition) is 10. The minimum Gasteiger partial charge on any atom is -0.443 e. The molecule has 0 bridgehead atoms. The van der Waals surface area contributed by atoms with Gasteiger partial charge in [-0.1, -0.05) is 35.5 Å². The molecule has 0 saturated heterocycles. The van der Waals surface area contributed by atoms with Crippen LogP contribution in [0.4, 0.5) is 15.4 Å². The summed E-state index contributed by atoms with van der Waals surface area (Å²) >= 11 is 0. The molecule has 44 heavy (non-hydrogen) atoms. The highest BCUT2D eigenvalue weighted by molar-refractivity contribution is 7.92. The number of rotatable bonds is 6. The van der Waals surface area contributed by atoms with E-state index in [0.717, 1.165) is 5.69 Å². The van der Waals surface area contributed by atoms with Gasteiger partial charge in [-0.25, -0.2) is 32.7 Å². The van der Waals surface area contributed by atoms with E-state index in [4.69, 9.17) is 14.5 Å². The lowest BCUT2D eigenvalue weighted by atomic mass is 10.1. The Morgan fingerprint density at radius 1 is 0.841 bits per heavy atom. The van der Waals surface area contributed by atoms with Crippen LogP contribution in [0.5, 0.6) is 0 Å². The maximum Gasteiger partial charge on any atom is 0.425 e. The summed E-state index contributed by atoms with van der Waals surface area (Å²) in [4.78, 5) is 37.0. The second kappa shape index (κ2) is 12.2. The molecular weight excluding hydrogens is 584 g/mol. The van der Waals surface area contributed by atoms with E-state index in [1.807, 2.05) is 30.3 Å². The highest BCUT2D eigenvalue weighted by atomic mass is 32.2. The number of nitrogens with zero attached hydrogens (tertiary/aromatic N) is 6. The summed E-state index contributed by atoms with van der Waals surface area (Å²) in [5.41, 5.74) is -0.0484. The van der Waals surface area contributed by atoms with Crippen molar-refractivity contribution >= 4 is 27.8 Å². The van der Waals surface area contributed by atoms with E-state index in [9.17, 15) is 18.0 Å². The Labute approximate surface area is 257 Å². The number of sulfone groups is 1. The second-order valence-corrected chi connectivity index (χ2v) is 14.7. The lowest BCUT2D eigenvalue weighted by Crippen LogP contribution is -2.44. The van der Waals surface area contributed by atoms with Gasteiger partial charge in [0.15, 0.2) is 15.7 Å².